The Kier molecular flexibility index (Phi) is 4.23. The van der Waals surface area contributed by atoms with Crippen molar-refractivity contribution in [2.45, 2.75) is 44.6 Å². The number of rotatable bonds is 3. The molecule has 1 N–H and O–H groups in total. The Morgan fingerprint density at radius 2 is 2.29 bits per heavy atom. The van der Waals surface area contributed by atoms with Gasteiger partial charge in [-0.25, -0.2) is 0 Å². The molecule has 1 aromatic rings. The number of piperidine rings is 1. The number of nitrogens with zero attached hydrogens (tertiary/aromatic N) is 1. The van der Waals surface area contributed by atoms with Gasteiger partial charge in [0, 0.05) is 19.7 Å². The zero-order valence-electron chi connectivity index (χ0n) is 13.2. The van der Waals surface area contributed by atoms with Crippen molar-refractivity contribution in [1.82, 2.24) is 4.90 Å². The van der Waals surface area contributed by atoms with Gasteiger partial charge in [-0.2, -0.15) is 0 Å². The first-order chi connectivity index (χ1) is 10.1. The van der Waals surface area contributed by atoms with Crippen molar-refractivity contribution in [2.75, 3.05) is 26.2 Å². The van der Waals surface area contributed by atoms with Crippen molar-refractivity contribution in [3.05, 3.63) is 29.8 Å². The lowest BCUT2D eigenvalue weighted by Crippen LogP contribution is -2.49. The molecule has 3 heteroatoms. The van der Waals surface area contributed by atoms with Crippen molar-refractivity contribution in [1.29, 1.82) is 0 Å². The predicted octanol–water partition coefficient (Wildman–Crippen LogP) is 3.17. The minimum absolute atomic E-state index is 0.159. The molecular weight excluding hydrogens is 262 g/mol. The number of likely N-dealkylation sites (tertiary alicyclic amines) is 1. The van der Waals surface area contributed by atoms with Gasteiger partial charge in [0.15, 0.2) is 0 Å². The second-order valence-corrected chi connectivity index (χ2v) is 7.01. The van der Waals surface area contributed by atoms with E-state index in [0.29, 0.717) is 17.8 Å². The van der Waals surface area contributed by atoms with Gasteiger partial charge < -0.3 is 14.7 Å². The highest BCUT2D eigenvalue weighted by atomic mass is 16.5. The summed E-state index contributed by atoms with van der Waals surface area (Å²) in [6, 6.07) is 7.81. The molecule has 1 aromatic carbocycles. The van der Waals surface area contributed by atoms with Gasteiger partial charge in [0.25, 0.3) is 0 Å². The number of aromatic hydroxyl groups is 1. The normalized spacial score (nSPS) is 34.2. The predicted molar refractivity (Wildman–Crippen MR) is 84.7 cm³/mol. The summed E-state index contributed by atoms with van der Waals surface area (Å²) in [7, 11) is 0. The van der Waals surface area contributed by atoms with Crippen LogP contribution >= 0.6 is 0 Å². The van der Waals surface area contributed by atoms with Gasteiger partial charge in [-0.3, -0.25) is 0 Å². The molecule has 3 unspecified atom stereocenters. The zero-order valence-corrected chi connectivity index (χ0v) is 13.2. The molecule has 2 saturated heterocycles. The molecule has 2 aliphatic heterocycles. The summed E-state index contributed by atoms with van der Waals surface area (Å²) < 4.78 is 5.77. The average molecular weight is 289 g/mol. The molecule has 2 fully saturated rings. The van der Waals surface area contributed by atoms with E-state index >= 15 is 0 Å². The SMILES string of the molecule is CC1CN(CC2CCCO2)CCC1(C)c1cccc(O)c1. The molecule has 0 amide bonds. The van der Waals surface area contributed by atoms with Crippen molar-refractivity contribution in [2.24, 2.45) is 5.92 Å². The number of phenolic OH excluding ortho intramolecular Hbond substituents is 1. The van der Waals surface area contributed by atoms with E-state index in [0.717, 1.165) is 32.7 Å². The molecule has 21 heavy (non-hydrogen) atoms. The molecule has 0 radical (unpaired) electrons. The quantitative estimate of drug-likeness (QED) is 0.927. The second-order valence-electron chi connectivity index (χ2n) is 7.01. The van der Waals surface area contributed by atoms with Gasteiger partial charge in [0.2, 0.25) is 0 Å². The highest BCUT2D eigenvalue weighted by Crippen LogP contribution is 2.40. The third kappa shape index (κ3) is 3.09. The highest BCUT2D eigenvalue weighted by molar-refractivity contribution is 5.33. The maximum absolute atomic E-state index is 9.76. The first kappa shape index (κ1) is 14.9. The highest BCUT2D eigenvalue weighted by Gasteiger charge is 2.38. The molecule has 0 saturated carbocycles. The second kappa shape index (κ2) is 5.98. The lowest BCUT2D eigenvalue weighted by atomic mass is 9.68. The third-order valence-electron chi connectivity index (χ3n) is 5.56. The Hall–Kier alpha value is -1.06. The number of phenols is 1. The van der Waals surface area contributed by atoms with E-state index in [1.165, 1.54) is 18.4 Å². The van der Waals surface area contributed by atoms with Crippen LogP contribution in [0.2, 0.25) is 0 Å². The minimum atomic E-state index is 0.159. The third-order valence-corrected chi connectivity index (χ3v) is 5.56. The van der Waals surface area contributed by atoms with Crippen molar-refractivity contribution >= 4 is 0 Å². The van der Waals surface area contributed by atoms with Crippen LogP contribution in [0.1, 0.15) is 38.7 Å². The van der Waals surface area contributed by atoms with Gasteiger partial charge in [-0.15, -0.1) is 0 Å². The molecule has 0 bridgehead atoms. The number of hydrogen-bond donors (Lipinski definition) is 1. The Labute approximate surface area is 127 Å². The molecular formula is C18H27NO2. The topological polar surface area (TPSA) is 32.7 Å². The van der Waals surface area contributed by atoms with E-state index in [2.05, 4.69) is 24.8 Å². The van der Waals surface area contributed by atoms with Crippen molar-refractivity contribution in [3.8, 4) is 5.75 Å². The Balaban J connectivity index is 1.67. The van der Waals surface area contributed by atoms with Crippen molar-refractivity contribution < 1.29 is 9.84 Å². The molecule has 0 spiro atoms. The van der Waals surface area contributed by atoms with E-state index < -0.39 is 0 Å². The van der Waals surface area contributed by atoms with Crippen LogP contribution in [0.15, 0.2) is 24.3 Å². The summed E-state index contributed by atoms with van der Waals surface area (Å²) in [6.07, 6.45) is 4.02. The van der Waals surface area contributed by atoms with Crippen LogP contribution in [-0.4, -0.2) is 42.4 Å². The van der Waals surface area contributed by atoms with Crippen LogP contribution in [0.3, 0.4) is 0 Å². The molecule has 3 nitrogen and oxygen atoms in total. The van der Waals surface area contributed by atoms with Gasteiger partial charge in [0.05, 0.1) is 6.10 Å². The van der Waals surface area contributed by atoms with E-state index in [-0.39, 0.29) is 5.41 Å². The summed E-state index contributed by atoms with van der Waals surface area (Å²) >= 11 is 0. The van der Waals surface area contributed by atoms with E-state index in [4.69, 9.17) is 4.74 Å². The molecule has 3 atom stereocenters. The van der Waals surface area contributed by atoms with Crippen LogP contribution in [0.5, 0.6) is 5.75 Å². The van der Waals surface area contributed by atoms with Crippen LogP contribution in [0, 0.1) is 5.92 Å². The van der Waals surface area contributed by atoms with Crippen LogP contribution in [-0.2, 0) is 10.2 Å². The number of benzene rings is 1. The maximum Gasteiger partial charge on any atom is 0.115 e. The Bertz CT molecular complexity index is 484. The maximum atomic E-state index is 9.76. The number of hydrogen-bond acceptors (Lipinski definition) is 3. The summed E-state index contributed by atoms with van der Waals surface area (Å²) in [5, 5.41) is 9.76. The fourth-order valence-electron chi connectivity index (χ4n) is 3.85. The minimum Gasteiger partial charge on any atom is -0.508 e. The lowest BCUT2D eigenvalue weighted by molar-refractivity contribution is 0.0400. The number of ether oxygens (including phenoxy) is 1. The van der Waals surface area contributed by atoms with Gasteiger partial charge in [0.1, 0.15) is 5.75 Å². The first-order valence-corrected chi connectivity index (χ1v) is 8.21. The van der Waals surface area contributed by atoms with Crippen molar-refractivity contribution in [3.63, 3.8) is 0 Å². The van der Waals surface area contributed by atoms with E-state index in [9.17, 15) is 5.11 Å². The standard InChI is InChI=1S/C18H27NO2/c1-14-12-19(13-17-7-4-10-21-17)9-8-18(14,2)15-5-3-6-16(20)11-15/h3,5-6,11,14,17,20H,4,7-10,12-13H2,1-2H3. The summed E-state index contributed by atoms with van der Waals surface area (Å²) in [5.41, 5.74) is 1.43. The summed E-state index contributed by atoms with van der Waals surface area (Å²) in [6.45, 7) is 8.94. The Morgan fingerprint density at radius 1 is 1.43 bits per heavy atom. The Morgan fingerprint density at radius 3 is 2.95 bits per heavy atom. The molecule has 0 aliphatic carbocycles. The molecule has 116 valence electrons. The first-order valence-electron chi connectivity index (χ1n) is 8.21. The summed E-state index contributed by atoms with van der Waals surface area (Å²) in [5.74, 6) is 0.956. The fraction of sp³-hybridized carbons (Fsp3) is 0.667. The summed E-state index contributed by atoms with van der Waals surface area (Å²) in [4.78, 5) is 2.56. The van der Waals surface area contributed by atoms with E-state index in [1.54, 1.807) is 6.07 Å². The molecule has 2 aliphatic rings. The largest absolute Gasteiger partial charge is 0.508 e. The van der Waals surface area contributed by atoms with Crippen LogP contribution in [0.4, 0.5) is 0 Å². The molecule has 0 aromatic heterocycles. The fourth-order valence-corrected chi connectivity index (χ4v) is 3.85. The average Bonchev–Trinajstić information content (AvgIpc) is 2.96. The van der Waals surface area contributed by atoms with Crippen LogP contribution in [0.25, 0.3) is 0 Å². The monoisotopic (exact) mass is 289 g/mol. The zero-order chi connectivity index (χ0) is 14.9. The molecule has 2 heterocycles. The molecule has 3 rings (SSSR count). The smallest absolute Gasteiger partial charge is 0.115 e. The van der Waals surface area contributed by atoms with Gasteiger partial charge in [-0.1, -0.05) is 26.0 Å². The van der Waals surface area contributed by atoms with E-state index in [1.807, 2.05) is 12.1 Å². The van der Waals surface area contributed by atoms with Gasteiger partial charge >= 0.3 is 0 Å². The lowest BCUT2D eigenvalue weighted by Gasteiger charge is -2.45. The van der Waals surface area contributed by atoms with Crippen LogP contribution < -0.4 is 0 Å². The van der Waals surface area contributed by atoms with Gasteiger partial charge in [-0.05, 0) is 54.8 Å².